The number of ether oxygens (including phenoxy) is 2. The van der Waals surface area contributed by atoms with Gasteiger partial charge in [0.2, 0.25) is 0 Å². The lowest BCUT2D eigenvalue weighted by Gasteiger charge is -2.24. The molecule has 5 rings (SSSR count). The largest absolute Gasteiger partial charge is 0.488 e. The molecule has 2 heterocycles. The van der Waals surface area contributed by atoms with E-state index in [0.717, 1.165) is 21.4 Å². The summed E-state index contributed by atoms with van der Waals surface area (Å²) in [5.41, 5.74) is 2.72. The summed E-state index contributed by atoms with van der Waals surface area (Å²) in [6, 6.07) is 19.0. The van der Waals surface area contributed by atoms with Gasteiger partial charge in [0.25, 0.3) is 5.56 Å². The zero-order valence-corrected chi connectivity index (χ0v) is 23.5. The summed E-state index contributed by atoms with van der Waals surface area (Å²) in [5, 5.41) is 0. The van der Waals surface area contributed by atoms with E-state index in [4.69, 9.17) is 9.47 Å². The molecule has 1 aliphatic carbocycles. The summed E-state index contributed by atoms with van der Waals surface area (Å²) >= 11 is 5.01. The maximum Gasteiger partial charge on any atom is 0.338 e. The molecule has 1 aromatic heterocycles. The van der Waals surface area contributed by atoms with Crippen LogP contribution in [0.2, 0.25) is 0 Å². The lowest BCUT2D eigenvalue weighted by atomic mass is 9.96. The van der Waals surface area contributed by atoms with Crippen LogP contribution in [-0.4, -0.2) is 17.1 Å². The van der Waals surface area contributed by atoms with Gasteiger partial charge in [0.1, 0.15) is 12.4 Å². The van der Waals surface area contributed by atoms with Crippen molar-refractivity contribution in [3.05, 3.63) is 125 Å². The molecule has 0 spiro atoms. The summed E-state index contributed by atoms with van der Waals surface area (Å²) < 4.78 is 14.5. The number of rotatable bonds is 7. The van der Waals surface area contributed by atoms with Crippen LogP contribution in [0.1, 0.15) is 37.4 Å². The van der Waals surface area contributed by atoms with E-state index in [2.05, 4.69) is 20.9 Å². The van der Waals surface area contributed by atoms with Gasteiger partial charge in [0.05, 0.1) is 28.5 Å². The highest BCUT2D eigenvalue weighted by atomic mass is 79.9. The van der Waals surface area contributed by atoms with Crippen molar-refractivity contribution in [3.8, 4) is 0 Å². The van der Waals surface area contributed by atoms with E-state index >= 15 is 0 Å². The molecule has 6 nitrogen and oxygen atoms in total. The third-order valence-electron chi connectivity index (χ3n) is 6.41. The number of nitrogens with zero attached hydrogens (tertiary/aromatic N) is 2. The van der Waals surface area contributed by atoms with Crippen LogP contribution in [0.5, 0.6) is 0 Å². The first kappa shape index (κ1) is 26.1. The number of hydrogen-bond acceptors (Lipinski definition) is 6. The third-order valence-corrected chi connectivity index (χ3v) is 8.13. The normalized spacial score (nSPS) is 19.3. The number of thiazole rings is 1. The van der Waals surface area contributed by atoms with Crippen LogP contribution in [0, 0.1) is 5.92 Å². The van der Waals surface area contributed by atoms with E-state index in [1.54, 1.807) is 18.4 Å². The summed E-state index contributed by atoms with van der Waals surface area (Å²) in [4.78, 5) is 31.9. The van der Waals surface area contributed by atoms with Crippen LogP contribution in [0.25, 0.3) is 6.08 Å². The lowest BCUT2D eigenvalue weighted by Crippen LogP contribution is -2.40. The molecule has 0 N–H and O–H groups in total. The standard InChI is InChI=1S/C30H27BrN2O4S/c1-3-36-29(35)26-19(2)32-30-33(27(26)22-12-8-5-9-13-22)28(34)25(38-30)17-21-14-15-24(23(31)16-21)37-18-20-10-6-4-7-11-20/h4-15,17,21,27H,3,16,18H2,1-2H3/b25-17-/t21-,27-/m0/s1. The zero-order chi connectivity index (χ0) is 26.6. The molecule has 0 unspecified atom stereocenters. The van der Waals surface area contributed by atoms with Crippen LogP contribution in [0.15, 0.2) is 104 Å². The third kappa shape index (κ3) is 5.37. The molecule has 0 saturated heterocycles. The molecule has 0 bridgehead atoms. The maximum absolute atomic E-state index is 13.7. The van der Waals surface area contributed by atoms with Gasteiger partial charge in [-0.05, 0) is 37.5 Å². The molecule has 2 aromatic carbocycles. The minimum absolute atomic E-state index is 0.00983. The van der Waals surface area contributed by atoms with E-state index in [1.807, 2.05) is 78.9 Å². The Bertz CT molecular complexity index is 1620. The van der Waals surface area contributed by atoms with Crippen molar-refractivity contribution >= 4 is 39.3 Å². The van der Waals surface area contributed by atoms with Crippen molar-refractivity contribution in [2.24, 2.45) is 10.9 Å². The highest BCUT2D eigenvalue weighted by molar-refractivity contribution is 9.11. The molecular formula is C30H27BrN2O4S. The fraction of sp³-hybridized carbons (Fsp3) is 0.233. The first-order chi connectivity index (χ1) is 18.5. The van der Waals surface area contributed by atoms with Gasteiger partial charge in [0, 0.05) is 10.4 Å². The molecule has 194 valence electrons. The Morgan fingerprint density at radius 1 is 1.16 bits per heavy atom. The second-order valence-corrected chi connectivity index (χ2v) is 11.0. The van der Waals surface area contributed by atoms with Crippen LogP contribution >= 0.6 is 27.3 Å². The van der Waals surface area contributed by atoms with E-state index < -0.39 is 12.0 Å². The zero-order valence-electron chi connectivity index (χ0n) is 21.1. The highest BCUT2D eigenvalue weighted by Gasteiger charge is 2.33. The molecule has 3 aromatic rings. The van der Waals surface area contributed by atoms with Crippen molar-refractivity contribution in [1.29, 1.82) is 0 Å². The molecule has 0 radical (unpaired) electrons. The summed E-state index contributed by atoms with van der Waals surface area (Å²) in [6.45, 7) is 4.29. The average Bonchev–Trinajstić information content (AvgIpc) is 3.22. The van der Waals surface area contributed by atoms with Gasteiger partial charge in [-0.1, -0.05) is 100 Å². The molecular weight excluding hydrogens is 564 g/mol. The van der Waals surface area contributed by atoms with Gasteiger partial charge in [-0.2, -0.15) is 0 Å². The molecule has 0 fully saturated rings. The number of halogens is 1. The Kier molecular flexibility index (Phi) is 7.90. The van der Waals surface area contributed by atoms with E-state index in [-0.39, 0.29) is 18.1 Å². The monoisotopic (exact) mass is 590 g/mol. The maximum atomic E-state index is 13.7. The SMILES string of the molecule is CCOC(=O)C1=C(C)N=c2s/c(=C\[C@H]3C=CC(OCc4ccccc4)=C(Br)C3)c(=O)n2[C@H]1c1ccccc1. The van der Waals surface area contributed by atoms with Gasteiger partial charge >= 0.3 is 5.97 Å². The van der Waals surface area contributed by atoms with E-state index in [1.165, 1.54) is 11.3 Å². The average molecular weight is 592 g/mol. The predicted octanol–water partition coefficient (Wildman–Crippen LogP) is 5.15. The number of allylic oxidation sites excluding steroid dienone is 4. The molecule has 2 aliphatic rings. The van der Waals surface area contributed by atoms with Crippen molar-refractivity contribution in [2.75, 3.05) is 6.61 Å². The number of carbonyl (C=O) groups excluding carboxylic acids is 1. The van der Waals surface area contributed by atoms with Crippen LogP contribution < -0.4 is 14.9 Å². The number of fused-ring (bicyclic) bond motifs is 1. The molecule has 2 atom stereocenters. The Labute approximate surface area is 233 Å². The lowest BCUT2D eigenvalue weighted by molar-refractivity contribution is -0.139. The second-order valence-electron chi connectivity index (χ2n) is 9.01. The Hall–Kier alpha value is -3.49. The smallest absolute Gasteiger partial charge is 0.338 e. The minimum atomic E-state index is -0.597. The molecule has 1 aliphatic heterocycles. The molecule has 8 heteroatoms. The minimum Gasteiger partial charge on any atom is -0.488 e. The topological polar surface area (TPSA) is 69.9 Å². The fourth-order valence-electron chi connectivity index (χ4n) is 4.60. The van der Waals surface area contributed by atoms with Gasteiger partial charge in [-0.3, -0.25) is 9.36 Å². The van der Waals surface area contributed by atoms with Gasteiger partial charge in [0.15, 0.2) is 4.80 Å². The number of hydrogen-bond donors (Lipinski definition) is 0. The predicted molar refractivity (Wildman–Crippen MR) is 152 cm³/mol. The number of esters is 1. The van der Waals surface area contributed by atoms with Crippen molar-refractivity contribution in [2.45, 2.75) is 32.9 Å². The van der Waals surface area contributed by atoms with Gasteiger partial charge < -0.3 is 9.47 Å². The van der Waals surface area contributed by atoms with E-state index in [0.29, 0.717) is 33.6 Å². The van der Waals surface area contributed by atoms with Gasteiger partial charge in [-0.25, -0.2) is 9.79 Å². The van der Waals surface area contributed by atoms with Crippen molar-refractivity contribution in [1.82, 2.24) is 4.57 Å². The van der Waals surface area contributed by atoms with Crippen LogP contribution in [0.3, 0.4) is 0 Å². The summed E-state index contributed by atoms with van der Waals surface area (Å²) in [7, 11) is 0. The van der Waals surface area contributed by atoms with Crippen LogP contribution in [-0.2, 0) is 20.9 Å². The summed E-state index contributed by atoms with van der Waals surface area (Å²) in [5.74, 6) is 0.346. The van der Waals surface area contributed by atoms with E-state index in [9.17, 15) is 9.59 Å². The van der Waals surface area contributed by atoms with Crippen molar-refractivity contribution < 1.29 is 14.3 Å². The molecule has 0 amide bonds. The number of aromatic nitrogens is 1. The van der Waals surface area contributed by atoms with Crippen LogP contribution in [0.4, 0.5) is 0 Å². The fourth-order valence-corrected chi connectivity index (χ4v) is 6.32. The first-order valence-electron chi connectivity index (χ1n) is 12.4. The Morgan fingerprint density at radius 2 is 1.87 bits per heavy atom. The summed E-state index contributed by atoms with van der Waals surface area (Å²) in [6.07, 6.45) is 6.65. The second kappa shape index (κ2) is 11.5. The quantitative estimate of drug-likeness (QED) is 0.357. The number of carbonyl (C=O) groups is 1. The molecule has 38 heavy (non-hydrogen) atoms. The van der Waals surface area contributed by atoms with Crippen molar-refractivity contribution in [3.63, 3.8) is 0 Å². The Morgan fingerprint density at radius 3 is 2.55 bits per heavy atom. The Balaban J connectivity index is 1.46. The highest BCUT2D eigenvalue weighted by Crippen LogP contribution is 2.32. The van der Waals surface area contributed by atoms with Gasteiger partial charge in [-0.15, -0.1) is 0 Å². The first-order valence-corrected chi connectivity index (χ1v) is 14.1. The number of benzene rings is 2. The molecule has 0 saturated carbocycles.